The Kier molecular flexibility index (Phi) is 21.3. The van der Waals surface area contributed by atoms with E-state index >= 15 is 0 Å². The maximum Gasteiger partial charge on any atom is 0.302 e. The topological polar surface area (TPSA) is 102 Å². The van der Waals surface area contributed by atoms with Crippen LogP contribution in [0.2, 0.25) is 0 Å². The summed E-state index contributed by atoms with van der Waals surface area (Å²) in [6.07, 6.45) is -0.688. The summed E-state index contributed by atoms with van der Waals surface area (Å²) < 4.78 is 13.9. The predicted molar refractivity (Wildman–Crippen MR) is 74.2 cm³/mol. The van der Waals surface area contributed by atoms with Gasteiger partial charge in [0.1, 0.15) is 6.10 Å². The van der Waals surface area contributed by atoms with E-state index in [2.05, 4.69) is 4.74 Å². The minimum absolute atomic E-state index is 0.127. The molecule has 0 spiro atoms. The molecule has 0 amide bonds. The first-order valence-electron chi connectivity index (χ1n) is 6.29. The van der Waals surface area contributed by atoms with Crippen molar-refractivity contribution < 1.29 is 34.0 Å². The first kappa shape index (κ1) is 23.9. The summed E-state index contributed by atoms with van der Waals surface area (Å²) in [6, 6.07) is 0. The van der Waals surface area contributed by atoms with Gasteiger partial charge in [-0.1, -0.05) is 0 Å². The van der Waals surface area contributed by atoms with Crippen molar-refractivity contribution in [2.24, 2.45) is 0 Å². The fourth-order valence-corrected chi connectivity index (χ4v) is 0.601. The number of aliphatic hydroxyl groups excluding tert-OH is 2. The molecule has 0 heterocycles. The number of methoxy groups -OCH3 is 1. The molecule has 2 N–H and O–H groups in total. The lowest BCUT2D eigenvalue weighted by atomic mass is 10.4. The van der Waals surface area contributed by atoms with Crippen LogP contribution >= 0.6 is 0 Å². The van der Waals surface area contributed by atoms with Crippen LogP contribution in [0.5, 0.6) is 0 Å². The van der Waals surface area contributed by atoms with Crippen LogP contribution in [-0.4, -0.2) is 61.3 Å². The third-order valence-corrected chi connectivity index (χ3v) is 1.48. The van der Waals surface area contributed by atoms with Crippen molar-refractivity contribution in [2.75, 3.05) is 26.9 Å². The van der Waals surface area contributed by atoms with Gasteiger partial charge in [0.05, 0.1) is 26.4 Å². The smallest absolute Gasteiger partial charge is 0.302 e. The largest absolute Gasteiger partial charge is 0.469 e. The van der Waals surface area contributed by atoms with Crippen molar-refractivity contribution in [2.45, 2.75) is 46.8 Å². The molecule has 0 rings (SSSR count). The van der Waals surface area contributed by atoms with Crippen LogP contribution in [0.3, 0.4) is 0 Å². The van der Waals surface area contributed by atoms with E-state index in [0.29, 0.717) is 13.2 Å². The summed E-state index contributed by atoms with van der Waals surface area (Å²) in [7, 11) is 1.35. The van der Waals surface area contributed by atoms with Gasteiger partial charge < -0.3 is 24.4 Å². The van der Waals surface area contributed by atoms with E-state index in [9.17, 15) is 9.59 Å². The highest BCUT2D eigenvalue weighted by atomic mass is 16.6. The molecular formula is C13H28O7. The lowest BCUT2D eigenvalue weighted by Gasteiger charge is -2.10. The fraction of sp³-hybridized carbons (Fsp3) is 0.846. The van der Waals surface area contributed by atoms with Crippen LogP contribution < -0.4 is 0 Å². The number of carbonyl (C=O) groups excluding carboxylic acids is 2. The van der Waals surface area contributed by atoms with E-state index in [1.54, 1.807) is 6.92 Å². The van der Waals surface area contributed by atoms with Crippen LogP contribution in [0.1, 0.15) is 34.6 Å². The zero-order valence-corrected chi connectivity index (χ0v) is 13.2. The molecule has 0 aliphatic carbocycles. The van der Waals surface area contributed by atoms with Crippen LogP contribution in [0.25, 0.3) is 0 Å². The molecule has 0 aromatic rings. The van der Waals surface area contributed by atoms with Crippen molar-refractivity contribution in [1.29, 1.82) is 0 Å². The maximum atomic E-state index is 10.3. The molecule has 7 heteroatoms. The molecule has 0 aliphatic rings. The monoisotopic (exact) mass is 296 g/mol. The van der Waals surface area contributed by atoms with E-state index in [1.165, 1.54) is 27.9 Å². The van der Waals surface area contributed by atoms with Crippen LogP contribution in [0.4, 0.5) is 0 Å². The number of esters is 2. The van der Waals surface area contributed by atoms with Gasteiger partial charge in [-0.15, -0.1) is 0 Å². The number of rotatable bonds is 5. The van der Waals surface area contributed by atoms with E-state index in [0.717, 1.165) is 0 Å². The van der Waals surface area contributed by atoms with Gasteiger partial charge in [0.25, 0.3) is 0 Å². The molecule has 20 heavy (non-hydrogen) atoms. The molecule has 0 aromatic heterocycles. The Hall–Kier alpha value is -1.18. The molecule has 0 aliphatic heterocycles. The van der Waals surface area contributed by atoms with Gasteiger partial charge in [-0.3, -0.25) is 9.59 Å². The predicted octanol–water partition coefficient (Wildman–Crippen LogP) is 0.513. The van der Waals surface area contributed by atoms with Crippen LogP contribution in [0.15, 0.2) is 0 Å². The van der Waals surface area contributed by atoms with Gasteiger partial charge in [-0.2, -0.15) is 0 Å². The standard InChI is InChI=1S/C7H14O3.C3H6O2.C3H8O2/c1-4-9-5-6(2)10-7(3)8;1-3(4)5-2;1-3(5)2-4/h6H,4-5H2,1-3H3;1-2H3;3-5H,2H2,1H3. The van der Waals surface area contributed by atoms with Crippen molar-refractivity contribution in [3.05, 3.63) is 0 Å². The second-order valence-electron chi connectivity index (χ2n) is 3.81. The molecule has 0 radical (unpaired) electrons. The number of aliphatic hydroxyl groups is 2. The molecule has 122 valence electrons. The van der Waals surface area contributed by atoms with E-state index < -0.39 is 6.10 Å². The Balaban J connectivity index is -0.000000244. The SMILES string of the molecule is CC(O)CO.CCOCC(C)OC(C)=O.COC(C)=O. The highest BCUT2D eigenvalue weighted by Crippen LogP contribution is 1.91. The van der Waals surface area contributed by atoms with E-state index in [1.807, 2.05) is 6.92 Å². The molecule has 2 unspecified atom stereocenters. The maximum absolute atomic E-state index is 10.3. The number of carbonyl (C=O) groups is 2. The van der Waals surface area contributed by atoms with Crippen LogP contribution in [0, 0.1) is 0 Å². The molecule has 0 fully saturated rings. The van der Waals surface area contributed by atoms with Crippen molar-refractivity contribution >= 4 is 11.9 Å². The highest BCUT2D eigenvalue weighted by molar-refractivity contribution is 5.66. The highest BCUT2D eigenvalue weighted by Gasteiger charge is 2.03. The Labute approximate surface area is 120 Å². The summed E-state index contributed by atoms with van der Waals surface area (Å²) in [5.74, 6) is -0.503. The molecule has 0 saturated carbocycles. The zero-order chi connectivity index (χ0) is 16.6. The molecular weight excluding hydrogens is 268 g/mol. The normalized spacial score (nSPS) is 11.8. The van der Waals surface area contributed by atoms with E-state index in [-0.39, 0.29) is 24.6 Å². The molecule has 0 aromatic carbocycles. The zero-order valence-electron chi connectivity index (χ0n) is 13.2. The summed E-state index contributed by atoms with van der Waals surface area (Å²) >= 11 is 0. The van der Waals surface area contributed by atoms with Crippen LogP contribution in [-0.2, 0) is 23.8 Å². The van der Waals surface area contributed by atoms with Crippen molar-refractivity contribution in [3.8, 4) is 0 Å². The summed E-state index contributed by atoms with van der Waals surface area (Å²) in [5, 5.41) is 16.0. The van der Waals surface area contributed by atoms with Gasteiger partial charge in [0.15, 0.2) is 0 Å². The Bertz CT molecular complexity index is 229. The van der Waals surface area contributed by atoms with Gasteiger partial charge in [0, 0.05) is 20.5 Å². The Morgan fingerprint density at radius 1 is 1.15 bits per heavy atom. The Morgan fingerprint density at radius 3 is 1.75 bits per heavy atom. The van der Waals surface area contributed by atoms with E-state index in [4.69, 9.17) is 19.7 Å². The number of ether oxygens (including phenoxy) is 3. The number of hydrogen-bond acceptors (Lipinski definition) is 7. The van der Waals surface area contributed by atoms with Crippen molar-refractivity contribution in [1.82, 2.24) is 0 Å². The summed E-state index contributed by atoms with van der Waals surface area (Å²) in [5.41, 5.74) is 0. The molecule has 0 saturated heterocycles. The average molecular weight is 296 g/mol. The minimum Gasteiger partial charge on any atom is -0.469 e. The van der Waals surface area contributed by atoms with Gasteiger partial charge in [0.2, 0.25) is 0 Å². The first-order valence-corrected chi connectivity index (χ1v) is 6.29. The summed E-state index contributed by atoms with van der Waals surface area (Å²) in [6.45, 7) is 8.99. The van der Waals surface area contributed by atoms with Gasteiger partial charge in [-0.25, -0.2) is 0 Å². The Morgan fingerprint density at radius 2 is 1.55 bits per heavy atom. The molecule has 0 bridgehead atoms. The van der Waals surface area contributed by atoms with Crippen molar-refractivity contribution in [3.63, 3.8) is 0 Å². The minimum atomic E-state index is -0.560. The third-order valence-electron chi connectivity index (χ3n) is 1.48. The second-order valence-corrected chi connectivity index (χ2v) is 3.81. The lowest BCUT2D eigenvalue weighted by Crippen LogP contribution is -2.18. The quantitative estimate of drug-likeness (QED) is 0.713. The second kappa shape index (κ2) is 17.8. The first-order chi connectivity index (χ1) is 9.20. The fourth-order valence-electron chi connectivity index (χ4n) is 0.601. The molecule has 2 atom stereocenters. The van der Waals surface area contributed by atoms with Gasteiger partial charge in [-0.05, 0) is 20.8 Å². The summed E-state index contributed by atoms with van der Waals surface area (Å²) in [4.78, 5) is 19.9. The lowest BCUT2D eigenvalue weighted by molar-refractivity contribution is -0.148. The molecule has 7 nitrogen and oxygen atoms in total. The number of hydrogen-bond donors (Lipinski definition) is 2. The van der Waals surface area contributed by atoms with Gasteiger partial charge >= 0.3 is 11.9 Å². The third kappa shape index (κ3) is 36.0. The average Bonchev–Trinajstić information content (AvgIpc) is 2.36.